The normalized spacial score (nSPS) is 19.0. The number of nitrogen functional groups attached to an aromatic ring is 1. The number of nitrogens with zero attached hydrogens (tertiary/aromatic N) is 3. The summed E-state index contributed by atoms with van der Waals surface area (Å²) in [6.07, 6.45) is 1.20. The molecule has 1 aliphatic heterocycles. The lowest BCUT2D eigenvalue weighted by Crippen LogP contribution is -2.24. The summed E-state index contributed by atoms with van der Waals surface area (Å²) in [7, 11) is 0. The summed E-state index contributed by atoms with van der Waals surface area (Å²) < 4.78 is 0. The molecule has 2 rings (SSSR count). The van der Waals surface area contributed by atoms with E-state index >= 15 is 0 Å². The van der Waals surface area contributed by atoms with Gasteiger partial charge in [-0.1, -0.05) is 27.7 Å². The summed E-state index contributed by atoms with van der Waals surface area (Å²) in [5.41, 5.74) is 6.23. The van der Waals surface area contributed by atoms with Crippen LogP contribution in [0.25, 0.3) is 0 Å². The molecule has 0 atom stereocenters. The van der Waals surface area contributed by atoms with E-state index in [1.807, 2.05) is 6.07 Å². The highest BCUT2D eigenvalue weighted by atomic mass is 15.2. The van der Waals surface area contributed by atoms with Gasteiger partial charge in [-0.05, 0) is 11.8 Å². The van der Waals surface area contributed by atoms with Crippen LogP contribution in [0, 0.1) is 5.41 Å². The van der Waals surface area contributed by atoms with E-state index in [0.29, 0.717) is 17.2 Å². The van der Waals surface area contributed by atoms with Crippen LogP contribution in [-0.4, -0.2) is 23.1 Å². The number of rotatable bonds is 2. The van der Waals surface area contributed by atoms with Gasteiger partial charge in [-0.15, -0.1) is 0 Å². The van der Waals surface area contributed by atoms with Crippen molar-refractivity contribution in [3.63, 3.8) is 0 Å². The third-order valence-corrected chi connectivity index (χ3v) is 3.27. The first-order valence-corrected chi connectivity index (χ1v) is 6.27. The Morgan fingerprint density at radius 1 is 1.35 bits per heavy atom. The maximum Gasteiger partial charge on any atom is 0.135 e. The molecular weight excluding hydrogens is 212 g/mol. The van der Waals surface area contributed by atoms with E-state index in [-0.39, 0.29) is 0 Å². The quantitative estimate of drug-likeness (QED) is 0.853. The van der Waals surface area contributed by atoms with Crippen molar-refractivity contribution in [3.05, 3.63) is 11.9 Å². The Balaban J connectivity index is 2.27. The zero-order valence-electron chi connectivity index (χ0n) is 11.2. The van der Waals surface area contributed by atoms with Gasteiger partial charge in [-0.2, -0.15) is 0 Å². The molecule has 4 heteroatoms. The van der Waals surface area contributed by atoms with Crippen molar-refractivity contribution >= 4 is 11.6 Å². The van der Waals surface area contributed by atoms with E-state index < -0.39 is 0 Å². The van der Waals surface area contributed by atoms with Crippen molar-refractivity contribution in [2.24, 2.45) is 5.41 Å². The molecule has 0 amide bonds. The Morgan fingerprint density at radius 2 is 2.06 bits per heavy atom. The molecule has 1 aliphatic rings. The molecule has 1 fully saturated rings. The Bertz CT molecular complexity index is 412. The SMILES string of the molecule is CC(C)c1nc(N)cc(N2CCC(C)(C)C2)n1. The Labute approximate surface area is 103 Å². The van der Waals surface area contributed by atoms with E-state index in [0.717, 1.165) is 24.7 Å². The summed E-state index contributed by atoms with van der Waals surface area (Å²) in [5, 5.41) is 0. The van der Waals surface area contributed by atoms with E-state index in [4.69, 9.17) is 5.73 Å². The van der Waals surface area contributed by atoms with Crippen LogP contribution in [0.2, 0.25) is 0 Å². The Morgan fingerprint density at radius 3 is 2.59 bits per heavy atom. The molecule has 0 saturated carbocycles. The van der Waals surface area contributed by atoms with Gasteiger partial charge >= 0.3 is 0 Å². The zero-order valence-corrected chi connectivity index (χ0v) is 11.2. The molecule has 0 radical (unpaired) electrons. The summed E-state index contributed by atoms with van der Waals surface area (Å²) in [6, 6.07) is 1.88. The van der Waals surface area contributed by atoms with Gasteiger partial charge in [0.1, 0.15) is 17.5 Å². The average molecular weight is 234 g/mol. The summed E-state index contributed by atoms with van der Waals surface area (Å²) >= 11 is 0. The minimum Gasteiger partial charge on any atom is -0.384 e. The maximum absolute atomic E-state index is 5.85. The highest BCUT2D eigenvalue weighted by Gasteiger charge is 2.30. The molecule has 0 aromatic carbocycles. The zero-order chi connectivity index (χ0) is 12.6. The number of anilines is 2. The lowest BCUT2D eigenvalue weighted by atomic mass is 9.93. The topological polar surface area (TPSA) is 55.0 Å². The molecule has 94 valence electrons. The average Bonchev–Trinajstić information content (AvgIpc) is 2.58. The lowest BCUT2D eigenvalue weighted by molar-refractivity contribution is 0.418. The molecule has 1 aromatic heterocycles. The van der Waals surface area contributed by atoms with Crippen LogP contribution >= 0.6 is 0 Å². The van der Waals surface area contributed by atoms with Gasteiger partial charge in [0.25, 0.3) is 0 Å². The largest absolute Gasteiger partial charge is 0.384 e. The predicted octanol–water partition coefficient (Wildman–Crippen LogP) is 2.42. The fourth-order valence-electron chi connectivity index (χ4n) is 2.20. The van der Waals surface area contributed by atoms with Crippen LogP contribution in [-0.2, 0) is 0 Å². The van der Waals surface area contributed by atoms with Gasteiger partial charge in [0.2, 0.25) is 0 Å². The van der Waals surface area contributed by atoms with Crippen molar-refractivity contribution in [1.82, 2.24) is 9.97 Å². The van der Waals surface area contributed by atoms with Gasteiger partial charge in [-0.3, -0.25) is 0 Å². The Kier molecular flexibility index (Phi) is 2.98. The Hall–Kier alpha value is -1.32. The van der Waals surface area contributed by atoms with Crippen molar-refractivity contribution in [2.75, 3.05) is 23.7 Å². The van der Waals surface area contributed by atoms with Crippen molar-refractivity contribution in [1.29, 1.82) is 0 Å². The molecule has 0 aliphatic carbocycles. The molecule has 0 unspecified atom stereocenters. The third kappa shape index (κ3) is 2.68. The minimum atomic E-state index is 0.313. The highest BCUT2D eigenvalue weighted by Crippen LogP contribution is 2.32. The summed E-state index contributed by atoms with van der Waals surface area (Å²) in [4.78, 5) is 11.2. The van der Waals surface area contributed by atoms with Crippen LogP contribution in [0.15, 0.2) is 6.07 Å². The second kappa shape index (κ2) is 4.17. The van der Waals surface area contributed by atoms with Gasteiger partial charge < -0.3 is 10.6 Å². The third-order valence-electron chi connectivity index (χ3n) is 3.27. The van der Waals surface area contributed by atoms with Crippen molar-refractivity contribution in [2.45, 2.75) is 40.0 Å². The van der Waals surface area contributed by atoms with Crippen molar-refractivity contribution in [3.8, 4) is 0 Å². The van der Waals surface area contributed by atoms with Crippen LogP contribution < -0.4 is 10.6 Å². The molecular formula is C13H22N4. The molecule has 4 nitrogen and oxygen atoms in total. The first kappa shape index (κ1) is 12.1. The molecule has 2 heterocycles. The minimum absolute atomic E-state index is 0.313. The monoisotopic (exact) mass is 234 g/mol. The first-order chi connectivity index (χ1) is 7.87. The standard InChI is InChI=1S/C13H22N4/c1-9(2)12-15-10(14)7-11(16-12)17-6-5-13(3,4)8-17/h7,9H,5-6,8H2,1-4H3,(H2,14,15,16). The second-order valence-corrected chi connectivity index (χ2v) is 6.00. The van der Waals surface area contributed by atoms with E-state index in [2.05, 4.69) is 42.6 Å². The molecule has 0 spiro atoms. The summed E-state index contributed by atoms with van der Waals surface area (Å²) in [6.45, 7) is 10.9. The van der Waals surface area contributed by atoms with Gasteiger partial charge in [0.05, 0.1) is 0 Å². The fourth-order valence-corrected chi connectivity index (χ4v) is 2.20. The number of hydrogen-bond acceptors (Lipinski definition) is 4. The smallest absolute Gasteiger partial charge is 0.135 e. The first-order valence-electron chi connectivity index (χ1n) is 6.27. The van der Waals surface area contributed by atoms with E-state index in [1.165, 1.54) is 6.42 Å². The van der Waals surface area contributed by atoms with Crippen LogP contribution in [0.3, 0.4) is 0 Å². The lowest BCUT2D eigenvalue weighted by Gasteiger charge is -2.21. The molecule has 17 heavy (non-hydrogen) atoms. The highest BCUT2D eigenvalue weighted by molar-refractivity contribution is 5.48. The van der Waals surface area contributed by atoms with Crippen LogP contribution in [0.4, 0.5) is 11.6 Å². The summed E-state index contributed by atoms with van der Waals surface area (Å²) in [5.74, 6) is 2.70. The van der Waals surface area contributed by atoms with Crippen LogP contribution in [0.1, 0.15) is 45.9 Å². The van der Waals surface area contributed by atoms with E-state index in [9.17, 15) is 0 Å². The second-order valence-electron chi connectivity index (χ2n) is 6.00. The van der Waals surface area contributed by atoms with Gasteiger partial charge in [0, 0.05) is 25.1 Å². The molecule has 1 saturated heterocycles. The molecule has 1 aromatic rings. The van der Waals surface area contributed by atoms with E-state index in [1.54, 1.807) is 0 Å². The predicted molar refractivity (Wildman–Crippen MR) is 71.1 cm³/mol. The number of hydrogen-bond donors (Lipinski definition) is 1. The number of aromatic nitrogens is 2. The molecule has 2 N–H and O–H groups in total. The van der Waals surface area contributed by atoms with Crippen LogP contribution in [0.5, 0.6) is 0 Å². The number of nitrogens with two attached hydrogens (primary N) is 1. The van der Waals surface area contributed by atoms with Gasteiger partial charge in [0.15, 0.2) is 0 Å². The van der Waals surface area contributed by atoms with Gasteiger partial charge in [-0.25, -0.2) is 9.97 Å². The fraction of sp³-hybridized carbons (Fsp3) is 0.692. The maximum atomic E-state index is 5.85. The van der Waals surface area contributed by atoms with Crippen molar-refractivity contribution < 1.29 is 0 Å². The molecule has 0 bridgehead atoms.